The summed E-state index contributed by atoms with van der Waals surface area (Å²) in [5, 5.41) is 2.17. The molecule has 6 heteroatoms. The van der Waals surface area contributed by atoms with Crippen molar-refractivity contribution in [2.75, 3.05) is 13.6 Å². The van der Waals surface area contributed by atoms with E-state index in [1.807, 2.05) is 0 Å². The van der Waals surface area contributed by atoms with Crippen molar-refractivity contribution < 1.29 is 44.0 Å². The Morgan fingerprint density at radius 1 is 0.952 bits per heavy atom. The predicted molar refractivity (Wildman–Crippen MR) is 86.8 cm³/mol. The van der Waals surface area contributed by atoms with E-state index in [0.29, 0.717) is 13.0 Å². The molecule has 4 nitrogen and oxygen atoms in total. The van der Waals surface area contributed by atoms with Gasteiger partial charge in [0.25, 0.3) is 10.1 Å². The molecule has 0 aliphatic rings. The molecule has 0 heterocycles. The summed E-state index contributed by atoms with van der Waals surface area (Å²) in [4.78, 5) is 0. The summed E-state index contributed by atoms with van der Waals surface area (Å²) >= 11 is 0. The monoisotopic (exact) mass is 331 g/mol. The molecule has 0 aliphatic heterocycles. The van der Waals surface area contributed by atoms with Crippen molar-refractivity contribution in [3.8, 4) is 0 Å². The predicted octanol–water partition coefficient (Wildman–Crippen LogP) is 0.890. The van der Waals surface area contributed by atoms with E-state index >= 15 is 0 Å². The molecule has 1 atom stereocenters. The van der Waals surface area contributed by atoms with E-state index < -0.39 is 15.4 Å². The van der Waals surface area contributed by atoms with Gasteiger partial charge in [-0.25, -0.2) is 0 Å². The van der Waals surface area contributed by atoms with Crippen molar-refractivity contribution in [1.29, 1.82) is 0 Å². The summed E-state index contributed by atoms with van der Waals surface area (Å²) in [5.74, 6) is 0. The third-order valence-electron chi connectivity index (χ3n) is 3.73. The van der Waals surface area contributed by atoms with Crippen LogP contribution in [0.2, 0.25) is 0 Å². The summed E-state index contributed by atoms with van der Waals surface area (Å²) in [6, 6.07) is 0. The van der Waals surface area contributed by atoms with Crippen molar-refractivity contribution in [1.82, 2.24) is 5.32 Å². The van der Waals surface area contributed by atoms with E-state index in [4.69, 9.17) is 4.55 Å². The molecule has 0 bridgehead atoms. The molecule has 0 rings (SSSR count). The van der Waals surface area contributed by atoms with Crippen LogP contribution in [-0.4, -0.2) is 31.8 Å². The fraction of sp³-hybridized carbons (Fsp3) is 1.00. The van der Waals surface area contributed by atoms with Gasteiger partial charge in [0.1, 0.15) is 0 Å². The maximum Gasteiger partial charge on any atom is 1.00 e. The van der Waals surface area contributed by atoms with Gasteiger partial charge in [0, 0.05) is 6.54 Å². The van der Waals surface area contributed by atoms with Crippen LogP contribution in [0.5, 0.6) is 0 Å². The molecular weight excluding hydrogens is 297 g/mol. The van der Waals surface area contributed by atoms with Gasteiger partial charge in [0.05, 0.1) is 5.25 Å². The van der Waals surface area contributed by atoms with Crippen molar-refractivity contribution in [3.05, 3.63) is 0 Å². The summed E-state index contributed by atoms with van der Waals surface area (Å²) in [5.41, 5.74) is 0. The average molecular weight is 331 g/mol. The fourth-order valence-electron chi connectivity index (χ4n) is 2.44. The minimum atomic E-state index is -3.90. The number of hydrogen-bond acceptors (Lipinski definition) is 3. The molecule has 1 unspecified atom stereocenters. The molecule has 0 aromatic rings. The van der Waals surface area contributed by atoms with E-state index in [2.05, 4.69) is 12.2 Å². The fourth-order valence-corrected chi connectivity index (χ4v) is 3.29. The van der Waals surface area contributed by atoms with Gasteiger partial charge in [0.2, 0.25) is 0 Å². The minimum Gasteiger partial charge on any atom is -1.00 e. The van der Waals surface area contributed by atoms with Crippen LogP contribution in [0, 0.1) is 0 Å². The Bertz CT molecular complexity index is 316. The van der Waals surface area contributed by atoms with Crippen molar-refractivity contribution in [2.45, 2.75) is 82.8 Å². The van der Waals surface area contributed by atoms with Crippen LogP contribution < -0.4 is 34.9 Å². The van der Waals surface area contributed by atoms with Crippen molar-refractivity contribution in [3.63, 3.8) is 0 Å². The first-order valence-electron chi connectivity index (χ1n) is 8.13. The van der Waals surface area contributed by atoms with Gasteiger partial charge in [-0.05, 0) is 13.5 Å². The van der Waals surface area contributed by atoms with Crippen LogP contribution in [0.4, 0.5) is 0 Å². The Kier molecular flexibility index (Phi) is 18.1. The zero-order valence-corrected chi connectivity index (χ0v) is 17.1. The average Bonchev–Trinajstić information content (AvgIpc) is 2.38. The third kappa shape index (κ3) is 15.5. The Hall–Kier alpha value is 0.870. The van der Waals surface area contributed by atoms with Crippen molar-refractivity contribution >= 4 is 10.1 Å². The SMILES string of the molecule is CCCCCCCCCCCCC(CNC)S(=O)(=O)O.[H-].[Na+]. The van der Waals surface area contributed by atoms with E-state index in [1.54, 1.807) is 7.05 Å². The first-order valence-corrected chi connectivity index (χ1v) is 9.63. The summed E-state index contributed by atoms with van der Waals surface area (Å²) in [7, 11) is -2.19. The molecule has 0 aromatic heterocycles. The quantitative estimate of drug-likeness (QED) is 0.282. The molecule has 0 fully saturated rings. The van der Waals surface area contributed by atoms with Gasteiger partial charge in [-0.15, -0.1) is 0 Å². The molecule has 0 aromatic carbocycles. The van der Waals surface area contributed by atoms with Crippen LogP contribution in [0.15, 0.2) is 0 Å². The van der Waals surface area contributed by atoms with Crippen LogP contribution in [-0.2, 0) is 10.1 Å². The third-order valence-corrected chi connectivity index (χ3v) is 4.98. The topological polar surface area (TPSA) is 66.4 Å². The van der Waals surface area contributed by atoms with E-state index in [9.17, 15) is 8.42 Å². The molecular formula is C15H34NNaO3S. The molecule has 2 N–H and O–H groups in total. The summed E-state index contributed by atoms with van der Waals surface area (Å²) in [6.07, 6.45) is 12.9. The normalized spacial score (nSPS) is 12.9. The molecule has 0 saturated carbocycles. The summed E-state index contributed by atoms with van der Waals surface area (Å²) in [6.45, 7) is 2.56. The molecule has 0 saturated heterocycles. The maximum atomic E-state index is 11.1. The minimum absolute atomic E-state index is 0. The van der Waals surface area contributed by atoms with Gasteiger partial charge in [-0.2, -0.15) is 8.42 Å². The molecule has 0 spiro atoms. The zero-order chi connectivity index (χ0) is 15.3. The Labute approximate surface area is 155 Å². The molecule has 0 amide bonds. The molecule has 21 heavy (non-hydrogen) atoms. The standard InChI is InChI=1S/C15H33NO3S.Na.H/c1-3-4-5-6-7-8-9-10-11-12-13-15(14-16-2)20(17,18)19;;/h15-16H,3-14H2,1-2H3,(H,17,18,19);;/q;+1;-1. The molecule has 0 aliphatic carbocycles. The second-order valence-electron chi connectivity index (χ2n) is 5.67. The van der Waals surface area contributed by atoms with Gasteiger partial charge < -0.3 is 6.74 Å². The summed E-state index contributed by atoms with van der Waals surface area (Å²) < 4.78 is 31.3. The number of nitrogens with one attached hydrogen (secondary N) is 1. The Morgan fingerprint density at radius 3 is 1.76 bits per heavy atom. The van der Waals surface area contributed by atoms with Gasteiger partial charge >= 0.3 is 29.6 Å². The zero-order valence-electron chi connectivity index (χ0n) is 15.2. The molecule has 0 radical (unpaired) electrons. The number of unbranched alkanes of at least 4 members (excludes halogenated alkanes) is 9. The van der Waals surface area contributed by atoms with E-state index in [0.717, 1.165) is 12.8 Å². The van der Waals surface area contributed by atoms with E-state index in [1.165, 1.54) is 51.4 Å². The second kappa shape index (κ2) is 15.8. The first-order chi connectivity index (χ1) is 9.52. The van der Waals surface area contributed by atoms with Gasteiger partial charge in [-0.1, -0.05) is 71.1 Å². The number of rotatable bonds is 14. The second-order valence-corrected chi connectivity index (χ2v) is 7.36. The maximum absolute atomic E-state index is 11.1. The number of hydrogen-bond donors (Lipinski definition) is 2. The Morgan fingerprint density at radius 2 is 1.38 bits per heavy atom. The van der Waals surface area contributed by atoms with Crippen molar-refractivity contribution in [2.24, 2.45) is 0 Å². The molecule has 124 valence electrons. The van der Waals surface area contributed by atoms with Gasteiger partial charge in [0.15, 0.2) is 0 Å². The Balaban J connectivity index is -0.00000180. The van der Waals surface area contributed by atoms with Crippen LogP contribution in [0.25, 0.3) is 0 Å². The van der Waals surface area contributed by atoms with Gasteiger partial charge in [-0.3, -0.25) is 4.55 Å². The van der Waals surface area contributed by atoms with Crippen LogP contribution in [0.1, 0.15) is 79.0 Å². The van der Waals surface area contributed by atoms with Crippen LogP contribution in [0.3, 0.4) is 0 Å². The van der Waals surface area contributed by atoms with E-state index in [-0.39, 0.29) is 31.0 Å². The largest absolute Gasteiger partial charge is 1.00 e. The smallest absolute Gasteiger partial charge is 1.00 e. The van der Waals surface area contributed by atoms with Crippen LogP contribution >= 0.6 is 0 Å². The first kappa shape index (κ1) is 24.1.